The summed E-state index contributed by atoms with van der Waals surface area (Å²) in [5.41, 5.74) is 1.40. The SMILES string of the molecule is CCNC(C)c1ccccc1SC1COC1. The van der Waals surface area contributed by atoms with Crippen LogP contribution >= 0.6 is 11.8 Å². The Labute approximate surface area is 102 Å². The molecule has 1 heterocycles. The minimum atomic E-state index is 0.426. The molecule has 2 rings (SSSR count). The van der Waals surface area contributed by atoms with E-state index in [0.717, 1.165) is 19.8 Å². The molecule has 0 bridgehead atoms. The molecule has 0 saturated carbocycles. The van der Waals surface area contributed by atoms with E-state index in [2.05, 4.69) is 43.4 Å². The first-order valence-corrected chi connectivity index (χ1v) is 6.76. The molecule has 3 heteroatoms. The highest BCUT2D eigenvalue weighted by Crippen LogP contribution is 2.33. The van der Waals surface area contributed by atoms with Gasteiger partial charge in [0.1, 0.15) is 0 Å². The Balaban J connectivity index is 2.09. The van der Waals surface area contributed by atoms with Crippen molar-refractivity contribution in [3.63, 3.8) is 0 Å². The first-order valence-electron chi connectivity index (χ1n) is 5.88. The lowest BCUT2D eigenvalue weighted by Gasteiger charge is -2.27. The van der Waals surface area contributed by atoms with Crippen molar-refractivity contribution in [3.8, 4) is 0 Å². The van der Waals surface area contributed by atoms with Crippen molar-refractivity contribution < 1.29 is 4.74 Å². The maximum absolute atomic E-state index is 5.22. The minimum absolute atomic E-state index is 0.426. The van der Waals surface area contributed by atoms with Crippen molar-refractivity contribution in [2.75, 3.05) is 19.8 Å². The standard InChI is InChI=1S/C13H19NOS/c1-3-14-10(2)12-6-4-5-7-13(12)16-11-8-15-9-11/h4-7,10-11,14H,3,8-9H2,1-2H3. The van der Waals surface area contributed by atoms with Gasteiger partial charge < -0.3 is 10.1 Å². The van der Waals surface area contributed by atoms with Gasteiger partial charge in [-0.2, -0.15) is 0 Å². The molecule has 0 radical (unpaired) electrons. The van der Waals surface area contributed by atoms with Crippen LogP contribution in [0.5, 0.6) is 0 Å². The largest absolute Gasteiger partial charge is 0.379 e. The quantitative estimate of drug-likeness (QED) is 0.851. The van der Waals surface area contributed by atoms with Crippen molar-refractivity contribution >= 4 is 11.8 Å². The smallest absolute Gasteiger partial charge is 0.0611 e. The molecule has 16 heavy (non-hydrogen) atoms. The molecule has 1 fully saturated rings. The minimum Gasteiger partial charge on any atom is -0.379 e. The zero-order chi connectivity index (χ0) is 11.4. The van der Waals surface area contributed by atoms with Crippen LogP contribution in [-0.2, 0) is 4.74 Å². The van der Waals surface area contributed by atoms with E-state index in [9.17, 15) is 0 Å². The van der Waals surface area contributed by atoms with E-state index in [1.54, 1.807) is 0 Å². The monoisotopic (exact) mass is 237 g/mol. The van der Waals surface area contributed by atoms with Crippen LogP contribution in [0.2, 0.25) is 0 Å². The average Bonchev–Trinajstić information content (AvgIpc) is 2.24. The molecule has 88 valence electrons. The summed E-state index contributed by atoms with van der Waals surface area (Å²) in [6, 6.07) is 9.09. The summed E-state index contributed by atoms with van der Waals surface area (Å²) in [4.78, 5) is 1.39. The van der Waals surface area contributed by atoms with Crippen LogP contribution in [-0.4, -0.2) is 25.0 Å². The second-order valence-electron chi connectivity index (χ2n) is 4.09. The third-order valence-electron chi connectivity index (χ3n) is 2.80. The van der Waals surface area contributed by atoms with Gasteiger partial charge >= 0.3 is 0 Å². The second kappa shape index (κ2) is 5.71. The van der Waals surface area contributed by atoms with Crippen LogP contribution in [0.25, 0.3) is 0 Å². The molecule has 1 aromatic rings. The van der Waals surface area contributed by atoms with E-state index in [1.165, 1.54) is 10.5 Å². The summed E-state index contributed by atoms with van der Waals surface area (Å²) in [5.74, 6) is 0. The fourth-order valence-corrected chi connectivity index (χ4v) is 3.05. The van der Waals surface area contributed by atoms with Crippen molar-refractivity contribution in [1.82, 2.24) is 5.32 Å². The summed E-state index contributed by atoms with van der Waals surface area (Å²) in [7, 11) is 0. The molecule has 1 N–H and O–H groups in total. The number of ether oxygens (including phenoxy) is 1. The normalized spacial score (nSPS) is 18.1. The lowest BCUT2D eigenvalue weighted by molar-refractivity contribution is 0.0455. The van der Waals surface area contributed by atoms with Crippen LogP contribution in [0.1, 0.15) is 25.5 Å². The number of hydrogen-bond acceptors (Lipinski definition) is 3. The Morgan fingerprint density at radius 1 is 1.44 bits per heavy atom. The number of nitrogens with one attached hydrogen (secondary N) is 1. The summed E-state index contributed by atoms with van der Waals surface area (Å²) in [6.45, 7) is 7.17. The van der Waals surface area contributed by atoms with Gasteiger partial charge in [0, 0.05) is 10.9 Å². The number of hydrogen-bond donors (Lipinski definition) is 1. The third-order valence-corrected chi connectivity index (χ3v) is 4.03. The predicted molar refractivity (Wildman–Crippen MR) is 69.0 cm³/mol. The lowest BCUT2D eigenvalue weighted by Crippen LogP contribution is -2.30. The van der Waals surface area contributed by atoms with E-state index in [1.807, 2.05) is 11.8 Å². The molecule has 1 saturated heterocycles. The van der Waals surface area contributed by atoms with Gasteiger partial charge in [0.2, 0.25) is 0 Å². The Kier molecular flexibility index (Phi) is 4.27. The van der Waals surface area contributed by atoms with Gasteiger partial charge in [-0.15, -0.1) is 11.8 Å². The fraction of sp³-hybridized carbons (Fsp3) is 0.538. The average molecular weight is 237 g/mol. The zero-order valence-electron chi connectivity index (χ0n) is 9.90. The summed E-state index contributed by atoms with van der Waals surface area (Å²) in [6.07, 6.45) is 0. The first-order chi connectivity index (χ1) is 7.81. The van der Waals surface area contributed by atoms with Crippen LogP contribution in [0.3, 0.4) is 0 Å². The zero-order valence-corrected chi connectivity index (χ0v) is 10.7. The lowest BCUT2D eigenvalue weighted by atomic mass is 10.1. The van der Waals surface area contributed by atoms with Gasteiger partial charge in [0.25, 0.3) is 0 Å². The molecule has 0 aromatic heterocycles. The highest BCUT2D eigenvalue weighted by Gasteiger charge is 2.21. The summed E-state index contributed by atoms with van der Waals surface area (Å²) >= 11 is 1.95. The third kappa shape index (κ3) is 2.78. The maximum atomic E-state index is 5.22. The molecule has 1 aliphatic heterocycles. The van der Waals surface area contributed by atoms with Crippen molar-refractivity contribution in [2.24, 2.45) is 0 Å². The summed E-state index contributed by atoms with van der Waals surface area (Å²) in [5, 5.41) is 4.11. The van der Waals surface area contributed by atoms with E-state index < -0.39 is 0 Å². The van der Waals surface area contributed by atoms with Crippen LogP contribution < -0.4 is 5.32 Å². The Morgan fingerprint density at radius 2 is 2.19 bits per heavy atom. The molecular formula is C13H19NOS. The van der Waals surface area contributed by atoms with Gasteiger partial charge in [0.15, 0.2) is 0 Å². The Morgan fingerprint density at radius 3 is 2.81 bits per heavy atom. The molecule has 0 aliphatic carbocycles. The van der Waals surface area contributed by atoms with Crippen molar-refractivity contribution in [2.45, 2.75) is 30.0 Å². The maximum Gasteiger partial charge on any atom is 0.0611 e. The number of benzene rings is 1. The Hall–Kier alpha value is -0.510. The van der Waals surface area contributed by atoms with E-state index in [-0.39, 0.29) is 0 Å². The van der Waals surface area contributed by atoms with E-state index in [0.29, 0.717) is 11.3 Å². The highest BCUT2D eigenvalue weighted by atomic mass is 32.2. The fourth-order valence-electron chi connectivity index (χ4n) is 1.82. The topological polar surface area (TPSA) is 21.3 Å². The molecular weight excluding hydrogens is 218 g/mol. The Bertz CT molecular complexity index is 338. The molecule has 1 aromatic carbocycles. The number of rotatable bonds is 5. The second-order valence-corrected chi connectivity index (χ2v) is 5.44. The van der Waals surface area contributed by atoms with Crippen molar-refractivity contribution in [3.05, 3.63) is 29.8 Å². The highest BCUT2D eigenvalue weighted by molar-refractivity contribution is 8.00. The summed E-state index contributed by atoms with van der Waals surface area (Å²) < 4.78 is 5.22. The van der Waals surface area contributed by atoms with Gasteiger partial charge in [-0.3, -0.25) is 0 Å². The van der Waals surface area contributed by atoms with Crippen LogP contribution in [0.4, 0.5) is 0 Å². The number of thioether (sulfide) groups is 1. The van der Waals surface area contributed by atoms with E-state index >= 15 is 0 Å². The van der Waals surface area contributed by atoms with E-state index in [4.69, 9.17) is 4.74 Å². The van der Waals surface area contributed by atoms with Crippen molar-refractivity contribution in [1.29, 1.82) is 0 Å². The van der Waals surface area contributed by atoms with Gasteiger partial charge in [0.05, 0.1) is 18.5 Å². The molecule has 1 aliphatic rings. The van der Waals surface area contributed by atoms with Gasteiger partial charge in [-0.05, 0) is 25.1 Å². The predicted octanol–water partition coefficient (Wildman–Crippen LogP) is 2.85. The molecule has 0 amide bonds. The van der Waals surface area contributed by atoms with Gasteiger partial charge in [-0.25, -0.2) is 0 Å². The molecule has 0 spiro atoms. The molecule has 1 atom stereocenters. The van der Waals surface area contributed by atoms with Gasteiger partial charge in [-0.1, -0.05) is 25.1 Å². The molecule has 1 unspecified atom stereocenters. The van der Waals surface area contributed by atoms with Crippen LogP contribution in [0, 0.1) is 0 Å². The van der Waals surface area contributed by atoms with Crippen LogP contribution in [0.15, 0.2) is 29.2 Å². The first kappa shape index (κ1) is 12.0. The molecule has 2 nitrogen and oxygen atoms in total.